The normalized spacial score (nSPS) is 25.9. The number of hydrogen-bond acceptors (Lipinski definition) is 1. The van der Waals surface area contributed by atoms with Gasteiger partial charge >= 0.3 is 0 Å². The average Bonchev–Trinajstić information content (AvgIpc) is 2.56. The maximum Gasteiger partial charge on any atom is 0.0458 e. The van der Waals surface area contributed by atoms with Crippen molar-refractivity contribution in [3.63, 3.8) is 0 Å². The SMILES string of the molecule is CN1CCCC(n2cccc2)C1. The molecule has 1 aromatic heterocycles. The molecule has 0 bridgehead atoms. The topological polar surface area (TPSA) is 8.17 Å². The summed E-state index contributed by atoms with van der Waals surface area (Å²) in [5.41, 5.74) is 0. The zero-order valence-corrected chi connectivity index (χ0v) is 7.61. The molecule has 1 atom stereocenters. The highest BCUT2D eigenvalue weighted by Crippen LogP contribution is 2.19. The van der Waals surface area contributed by atoms with Crippen molar-refractivity contribution in [1.29, 1.82) is 0 Å². The lowest BCUT2D eigenvalue weighted by atomic mass is 10.1. The van der Waals surface area contributed by atoms with Crippen molar-refractivity contribution < 1.29 is 0 Å². The Balaban J connectivity index is 2.04. The van der Waals surface area contributed by atoms with E-state index in [0.29, 0.717) is 6.04 Å². The van der Waals surface area contributed by atoms with Crippen LogP contribution in [0.2, 0.25) is 0 Å². The van der Waals surface area contributed by atoms with Crippen LogP contribution >= 0.6 is 0 Å². The minimum Gasteiger partial charge on any atom is -0.350 e. The van der Waals surface area contributed by atoms with Gasteiger partial charge in [-0.3, -0.25) is 0 Å². The summed E-state index contributed by atoms with van der Waals surface area (Å²) in [7, 11) is 2.20. The Morgan fingerprint density at radius 3 is 2.67 bits per heavy atom. The highest BCUT2D eigenvalue weighted by molar-refractivity contribution is 4.94. The third kappa shape index (κ3) is 1.53. The second-order valence-electron chi connectivity index (χ2n) is 3.69. The highest BCUT2D eigenvalue weighted by atomic mass is 15.1. The number of piperidine rings is 1. The van der Waals surface area contributed by atoms with Gasteiger partial charge in [0, 0.05) is 25.0 Å². The molecule has 2 rings (SSSR count). The first kappa shape index (κ1) is 7.87. The molecule has 1 saturated heterocycles. The highest BCUT2D eigenvalue weighted by Gasteiger charge is 2.17. The van der Waals surface area contributed by atoms with Gasteiger partial charge in [-0.1, -0.05) is 0 Å². The Hall–Kier alpha value is -0.760. The first-order valence-electron chi connectivity index (χ1n) is 4.67. The van der Waals surface area contributed by atoms with E-state index in [9.17, 15) is 0 Å². The molecule has 1 aromatic rings. The first-order valence-corrected chi connectivity index (χ1v) is 4.67. The van der Waals surface area contributed by atoms with Gasteiger partial charge in [0.15, 0.2) is 0 Å². The van der Waals surface area contributed by atoms with Crippen LogP contribution in [-0.2, 0) is 0 Å². The molecular formula is C10H16N2. The van der Waals surface area contributed by atoms with E-state index < -0.39 is 0 Å². The number of nitrogens with zero attached hydrogens (tertiary/aromatic N) is 2. The predicted octanol–water partition coefficient (Wildman–Crippen LogP) is 1.75. The molecule has 0 spiro atoms. The fourth-order valence-corrected chi connectivity index (χ4v) is 1.97. The van der Waals surface area contributed by atoms with Gasteiger partial charge in [0.2, 0.25) is 0 Å². The van der Waals surface area contributed by atoms with Crippen molar-refractivity contribution in [2.24, 2.45) is 0 Å². The van der Waals surface area contributed by atoms with E-state index in [0.717, 1.165) is 0 Å². The van der Waals surface area contributed by atoms with Crippen molar-refractivity contribution in [3.05, 3.63) is 24.5 Å². The molecule has 0 radical (unpaired) electrons. The molecule has 1 fully saturated rings. The Bertz CT molecular complexity index is 228. The Labute approximate surface area is 73.8 Å². The molecule has 0 aromatic carbocycles. The molecule has 66 valence electrons. The summed E-state index contributed by atoms with van der Waals surface area (Å²) >= 11 is 0. The quantitative estimate of drug-likeness (QED) is 0.614. The lowest BCUT2D eigenvalue weighted by Gasteiger charge is -2.30. The van der Waals surface area contributed by atoms with E-state index >= 15 is 0 Å². The van der Waals surface area contributed by atoms with Crippen LogP contribution in [0.25, 0.3) is 0 Å². The lowest BCUT2D eigenvalue weighted by Crippen LogP contribution is -2.33. The monoisotopic (exact) mass is 164 g/mol. The summed E-state index contributed by atoms with van der Waals surface area (Å²) in [5.74, 6) is 0. The van der Waals surface area contributed by atoms with Crippen LogP contribution in [0.1, 0.15) is 18.9 Å². The fourth-order valence-electron chi connectivity index (χ4n) is 1.97. The van der Waals surface area contributed by atoms with Gasteiger partial charge in [0.05, 0.1) is 0 Å². The summed E-state index contributed by atoms with van der Waals surface area (Å²) in [4.78, 5) is 2.41. The summed E-state index contributed by atoms with van der Waals surface area (Å²) < 4.78 is 2.33. The average molecular weight is 164 g/mol. The van der Waals surface area contributed by atoms with Gasteiger partial charge < -0.3 is 9.47 Å². The summed E-state index contributed by atoms with van der Waals surface area (Å²) in [6.45, 7) is 2.46. The molecule has 2 heteroatoms. The molecule has 0 saturated carbocycles. The summed E-state index contributed by atoms with van der Waals surface area (Å²) in [5, 5.41) is 0. The molecule has 12 heavy (non-hydrogen) atoms. The Morgan fingerprint density at radius 1 is 1.25 bits per heavy atom. The first-order chi connectivity index (χ1) is 5.86. The van der Waals surface area contributed by atoms with Crippen molar-refractivity contribution >= 4 is 0 Å². The van der Waals surface area contributed by atoms with Crippen LogP contribution < -0.4 is 0 Å². The minimum absolute atomic E-state index is 0.707. The van der Waals surface area contributed by atoms with Crippen LogP contribution in [0.5, 0.6) is 0 Å². The maximum atomic E-state index is 2.41. The van der Waals surface area contributed by atoms with Gasteiger partial charge in [-0.15, -0.1) is 0 Å². The lowest BCUT2D eigenvalue weighted by molar-refractivity contribution is 0.212. The van der Waals surface area contributed by atoms with Crippen molar-refractivity contribution in [1.82, 2.24) is 9.47 Å². The number of rotatable bonds is 1. The number of likely N-dealkylation sites (N-methyl/N-ethyl adjacent to an activating group) is 1. The smallest absolute Gasteiger partial charge is 0.0458 e. The predicted molar refractivity (Wildman–Crippen MR) is 50.2 cm³/mol. The molecule has 0 N–H and O–H groups in total. The van der Waals surface area contributed by atoms with Gasteiger partial charge in [0.25, 0.3) is 0 Å². The number of likely N-dealkylation sites (tertiary alicyclic amines) is 1. The maximum absolute atomic E-state index is 2.41. The van der Waals surface area contributed by atoms with Crippen LogP contribution in [0.4, 0.5) is 0 Å². The summed E-state index contributed by atoms with van der Waals surface area (Å²) in [6.07, 6.45) is 7.01. The van der Waals surface area contributed by atoms with E-state index in [1.165, 1.54) is 25.9 Å². The zero-order chi connectivity index (χ0) is 8.39. The van der Waals surface area contributed by atoms with Crippen LogP contribution in [0, 0.1) is 0 Å². The van der Waals surface area contributed by atoms with Crippen LogP contribution in [0.15, 0.2) is 24.5 Å². The zero-order valence-electron chi connectivity index (χ0n) is 7.61. The second-order valence-corrected chi connectivity index (χ2v) is 3.69. The third-order valence-corrected chi connectivity index (χ3v) is 2.65. The minimum atomic E-state index is 0.707. The molecule has 1 unspecified atom stereocenters. The molecule has 0 amide bonds. The van der Waals surface area contributed by atoms with Gasteiger partial charge in [0.1, 0.15) is 0 Å². The van der Waals surface area contributed by atoms with Gasteiger partial charge in [-0.25, -0.2) is 0 Å². The van der Waals surface area contributed by atoms with E-state index in [4.69, 9.17) is 0 Å². The molecule has 2 heterocycles. The Morgan fingerprint density at radius 2 is 2.00 bits per heavy atom. The third-order valence-electron chi connectivity index (χ3n) is 2.65. The van der Waals surface area contributed by atoms with Crippen LogP contribution in [0.3, 0.4) is 0 Å². The molecule has 1 aliphatic rings. The van der Waals surface area contributed by atoms with Crippen molar-refractivity contribution in [3.8, 4) is 0 Å². The number of aromatic nitrogens is 1. The molecule has 2 nitrogen and oxygen atoms in total. The number of hydrogen-bond donors (Lipinski definition) is 0. The van der Waals surface area contributed by atoms with E-state index in [2.05, 4.69) is 41.0 Å². The van der Waals surface area contributed by atoms with E-state index in [-0.39, 0.29) is 0 Å². The van der Waals surface area contributed by atoms with Gasteiger partial charge in [-0.05, 0) is 38.6 Å². The molecule has 1 aliphatic heterocycles. The second kappa shape index (κ2) is 3.31. The van der Waals surface area contributed by atoms with E-state index in [1.54, 1.807) is 0 Å². The molecular weight excluding hydrogens is 148 g/mol. The van der Waals surface area contributed by atoms with Crippen molar-refractivity contribution in [2.45, 2.75) is 18.9 Å². The van der Waals surface area contributed by atoms with Gasteiger partial charge in [-0.2, -0.15) is 0 Å². The Kier molecular flexibility index (Phi) is 2.17. The summed E-state index contributed by atoms with van der Waals surface area (Å²) in [6, 6.07) is 4.92. The van der Waals surface area contributed by atoms with E-state index in [1.807, 2.05) is 0 Å². The van der Waals surface area contributed by atoms with Crippen molar-refractivity contribution in [2.75, 3.05) is 20.1 Å². The molecule has 0 aliphatic carbocycles. The standard InChI is InChI=1S/C10H16N2/c1-11-6-4-5-10(9-11)12-7-2-3-8-12/h2-3,7-8,10H,4-6,9H2,1H3. The van der Waals surface area contributed by atoms with Crippen LogP contribution in [-0.4, -0.2) is 29.6 Å². The fraction of sp³-hybridized carbons (Fsp3) is 0.600. The largest absolute Gasteiger partial charge is 0.350 e.